The molecule has 2 heterocycles. The topological polar surface area (TPSA) is 73.0 Å². The fourth-order valence-corrected chi connectivity index (χ4v) is 3.82. The Bertz CT molecular complexity index is 956. The Balaban J connectivity index is 1.61. The van der Waals surface area contributed by atoms with Gasteiger partial charge in [-0.05, 0) is 30.7 Å². The van der Waals surface area contributed by atoms with Crippen LogP contribution in [0.5, 0.6) is 0 Å². The van der Waals surface area contributed by atoms with Crippen molar-refractivity contribution in [2.24, 2.45) is 5.41 Å². The molecule has 6 nitrogen and oxygen atoms in total. The second kappa shape index (κ2) is 6.68. The van der Waals surface area contributed by atoms with Gasteiger partial charge in [-0.15, -0.1) is 0 Å². The number of nitrogens with one attached hydrogen (secondary N) is 1. The van der Waals surface area contributed by atoms with E-state index in [1.54, 1.807) is 13.0 Å². The summed E-state index contributed by atoms with van der Waals surface area (Å²) in [5.74, 6) is 0.00849. The molecule has 1 aliphatic carbocycles. The zero-order chi connectivity index (χ0) is 19.0. The van der Waals surface area contributed by atoms with E-state index in [-0.39, 0.29) is 23.1 Å². The van der Waals surface area contributed by atoms with Crippen LogP contribution in [-0.2, 0) is 13.0 Å². The van der Waals surface area contributed by atoms with Gasteiger partial charge in [-0.25, -0.2) is 0 Å². The van der Waals surface area contributed by atoms with Gasteiger partial charge < -0.3 is 9.84 Å². The largest absolute Gasteiger partial charge is 0.351 e. The molecule has 4 rings (SSSR count). The van der Waals surface area contributed by atoms with Crippen molar-refractivity contribution in [2.45, 2.75) is 46.2 Å². The Morgan fingerprint density at radius 3 is 2.81 bits per heavy atom. The second-order valence-electron chi connectivity index (χ2n) is 8.09. The number of hydrogen-bond acceptors (Lipinski definition) is 4. The maximum atomic E-state index is 12.6. The molecule has 1 aliphatic rings. The van der Waals surface area contributed by atoms with Crippen molar-refractivity contribution >= 4 is 5.91 Å². The molecule has 0 radical (unpaired) electrons. The molecule has 1 atom stereocenters. The zero-order valence-corrected chi connectivity index (χ0v) is 15.9. The van der Waals surface area contributed by atoms with Gasteiger partial charge in [-0.2, -0.15) is 5.10 Å². The van der Waals surface area contributed by atoms with E-state index in [0.717, 1.165) is 24.9 Å². The first-order chi connectivity index (χ1) is 12.9. The Hall–Kier alpha value is -2.89. The number of carbonyl (C=O) groups excluding carboxylic acids is 1. The van der Waals surface area contributed by atoms with Crippen LogP contribution in [0.2, 0.25) is 0 Å². The summed E-state index contributed by atoms with van der Waals surface area (Å²) in [6, 6.07) is 11.9. The van der Waals surface area contributed by atoms with Crippen molar-refractivity contribution in [1.82, 2.24) is 20.3 Å². The Morgan fingerprint density at radius 2 is 2.11 bits per heavy atom. The lowest BCUT2D eigenvalue weighted by Gasteiger charge is -2.35. The van der Waals surface area contributed by atoms with E-state index in [0.29, 0.717) is 5.69 Å². The maximum Gasteiger partial charge on any atom is 0.290 e. The third-order valence-electron chi connectivity index (χ3n) is 5.09. The summed E-state index contributed by atoms with van der Waals surface area (Å²) in [6.45, 7) is 6.99. The minimum Gasteiger partial charge on any atom is -0.351 e. The molecule has 1 aromatic carbocycles. The van der Waals surface area contributed by atoms with E-state index in [1.165, 1.54) is 11.3 Å². The molecule has 1 N–H and O–H groups in total. The quantitative estimate of drug-likeness (QED) is 0.767. The Kier molecular flexibility index (Phi) is 4.34. The first-order valence-corrected chi connectivity index (χ1v) is 9.24. The van der Waals surface area contributed by atoms with Crippen molar-refractivity contribution in [2.75, 3.05) is 0 Å². The summed E-state index contributed by atoms with van der Waals surface area (Å²) < 4.78 is 7.17. The zero-order valence-electron chi connectivity index (χ0n) is 15.9. The fraction of sp³-hybridized carbons (Fsp3) is 0.381. The fourth-order valence-electron chi connectivity index (χ4n) is 3.82. The molecule has 0 saturated heterocycles. The van der Waals surface area contributed by atoms with E-state index in [9.17, 15) is 4.79 Å². The monoisotopic (exact) mass is 364 g/mol. The highest BCUT2D eigenvalue weighted by molar-refractivity contribution is 5.91. The molecule has 0 bridgehead atoms. The molecule has 140 valence electrons. The molecular weight excluding hydrogens is 340 g/mol. The molecule has 27 heavy (non-hydrogen) atoms. The number of carbonyl (C=O) groups is 1. The normalized spacial score (nSPS) is 18.1. The predicted molar refractivity (Wildman–Crippen MR) is 101 cm³/mol. The van der Waals surface area contributed by atoms with Gasteiger partial charge in [0.25, 0.3) is 5.91 Å². The number of aryl methyl sites for hydroxylation is 1. The molecule has 2 aromatic heterocycles. The standard InChI is InChI=1S/C21H24N4O2/c1-14-9-19(27-24-14)20(26)23-17-10-21(2,3)11-18-16(17)12-22-25(18)13-15-7-5-4-6-8-15/h4-9,12,17H,10-11,13H2,1-3H3,(H,23,26)/t17-/m0/s1. The summed E-state index contributed by atoms with van der Waals surface area (Å²) in [5.41, 5.74) is 4.26. The molecule has 3 aromatic rings. The molecule has 6 heteroatoms. The highest BCUT2D eigenvalue weighted by Gasteiger charge is 2.36. The van der Waals surface area contributed by atoms with E-state index < -0.39 is 0 Å². The van der Waals surface area contributed by atoms with Gasteiger partial charge in [0, 0.05) is 17.3 Å². The summed E-state index contributed by atoms with van der Waals surface area (Å²) in [4.78, 5) is 12.6. The van der Waals surface area contributed by atoms with E-state index in [1.807, 2.05) is 24.4 Å². The Labute approximate surface area is 158 Å². The number of hydrogen-bond donors (Lipinski definition) is 1. The van der Waals surface area contributed by atoms with Crippen molar-refractivity contribution in [3.63, 3.8) is 0 Å². The average molecular weight is 364 g/mol. The number of amides is 1. The Morgan fingerprint density at radius 1 is 1.33 bits per heavy atom. The molecule has 0 fully saturated rings. The predicted octanol–water partition coefficient (Wildman–Crippen LogP) is 3.67. The van der Waals surface area contributed by atoms with E-state index in [2.05, 4.69) is 46.2 Å². The maximum absolute atomic E-state index is 12.6. The molecule has 0 aliphatic heterocycles. The third-order valence-corrected chi connectivity index (χ3v) is 5.09. The van der Waals surface area contributed by atoms with Crippen LogP contribution < -0.4 is 5.32 Å². The van der Waals surface area contributed by atoms with Gasteiger partial charge in [0.1, 0.15) is 0 Å². The van der Waals surface area contributed by atoms with Crippen LogP contribution in [0, 0.1) is 12.3 Å². The minimum absolute atomic E-state index is 0.0662. The molecule has 0 saturated carbocycles. The smallest absolute Gasteiger partial charge is 0.290 e. The minimum atomic E-state index is -0.236. The van der Waals surface area contributed by atoms with Crippen LogP contribution in [0.1, 0.15) is 59.4 Å². The van der Waals surface area contributed by atoms with Crippen LogP contribution in [0.25, 0.3) is 0 Å². The van der Waals surface area contributed by atoms with Gasteiger partial charge in [0.2, 0.25) is 5.76 Å². The molecular formula is C21H24N4O2. The van der Waals surface area contributed by atoms with Gasteiger partial charge in [-0.1, -0.05) is 49.3 Å². The number of nitrogens with zero attached hydrogens (tertiary/aromatic N) is 3. The van der Waals surface area contributed by atoms with Crippen molar-refractivity contribution < 1.29 is 9.32 Å². The van der Waals surface area contributed by atoms with Crippen molar-refractivity contribution in [3.8, 4) is 0 Å². The number of fused-ring (bicyclic) bond motifs is 1. The van der Waals surface area contributed by atoms with Gasteiger partial charge >= 0.3 is 0 Å². The lowest BCUT2D eigenvalue weighted by Crippen LogP contribution is -2.36. The van der Waals surface area contributed by atoms with Crippen LogP contribution >= 0.6 is 0 Å². The van der Waals surface area contributed by atoms with Crippen LogP contribution in [0.15, 0.2) is 47.1 Å². The highest BCUT2D eigenvalue weighted by Crippen LogP contribution is 2.41. The number of benzene rings is 1. The van der Waals surface area contributed by atoms with Gasteiger partial charge in [0.05, 0.1) is 24.5 Å². The van der Waals surface area contributed by atoms with Crippen LogP contribution in [0.3, 0.4) is 0 Å². The van der Waals surface area contributed by atoms with Crippen LogP contribution in [0.4, 0.5) is 0 Å². The first-order valence-electron chi connectivity index (χ1n) is 9.24. The summed E-state index contributed by atoms with van der Waals surface area (Å²) in [6.07, 6.45) is 3.68. The summed E-state index contributed by atoms with van der Waals surface area (Å²) in [5, 5.41) is 11.5. The molecule has 0 spiro atoms. The van der Waals surface area contributed by atoms with Gasteiger partial charge in [-0.3, -0.25) is 9.48 Å². The lowest BCUT2D eigenvalue weighted by molar-refractivity contribution is 0.0881. The summed E-state index contributed by atoms with van der Waals surface area (Å²) in [7, 11) is 0. The van der Waals surface area contributed by atoms with E-state index in [4.69, 9.17) is 4.52 Å². The molecule has 1 amide bonds. The number of aromatic nitrogens is 3. The second-order valence-corrected chi connectivity index (χ2v) is 8.09. The van der Waals surface area contributed by atoms with Crippen molar-refractivity contribution in [1.29, 1.82) is 0 Å². The van der Waals surface area contributed by atoms with Crippen molar-refractivity contribution in [3.05, 3.63) is 70.9 Å². The highest BCUT2D eigenvalue weighted by atomic mass is 16.5. The average Bonchev–Trinajstić information content (AvgIpc) is 3.22. The third kappa shape index (κ3) is 3.65. The SMILES string of the molecule is Cc1cc(C(=O)N[C@H]2CC(C)(C)Cc3c2cnn3Cc2ccccc2)on1. The van der Waals surface area contributed by atoms with E-state index >= 15 is 0 Å². The molecule has 0 unspecified atom stereocenters. The van der Waals surface area contributed by atoms with Crippen LogP contribution in [-0.4, -0.2) is 20.8 Å². The number of rotatable bonds is 4. The van der Waals surface area contributed by atoms with Gasteiger partial charge in [0.15, 0.2) is 0 Å². The lowest BCUT2D eigenvalue weighted by atomic mass is 9.74. The summed E-state index contributed by atoms with van der Waals surface area (Å²) >= 11 is 0. The first kappa shape index (κ1) is 17.5.